The predicted octanol–water partition coefficient (Wildman–Crippen LogP) is 3.11. The first kappa shape index (κ1) is 14.7. The lowest BCUT2D eigenvalue weighted by molar-refractivity contribution is 0.0730. The van der Waals surface area contributed by atoms with Crippen molar-refractivity contribution >= 4 is 5.91 Å². The molecule has 0 saturated carbocycles. The molecular formula is C15H12F2N2O2. The highest BCUT2D eigenvalue weighted by molar-refractivity contribution is 5.94. The van der Waals surface area contributed by atoms with E-state index in [2.05, 4.69) is 0 Å². The Morgan fingerprint density at radius 3 is 2.81 bits per heavy atom. The fourth-order valence-corrected chi connectivity index (χ4v) is 1.86. The van der Waals surface area contributed by atoms with Crippen molar-refractivity contribution in [2.75, 3.05) is 6.54 Å². The van der Waals surface area contributed by atoms with Crippen molar-refractivity contribution in [3.05, 3.63) is 59.6 Å². The van der Waals surface area contributed by atoms with Gasteiger partial charge in [0.1, 0.15) is 17.4 Å². The molecule has 0 radical (unpaired) electrons. The largest absolute Gasteiger partial charge is 0.467 e. The third-order valence-electron chi connectivity index (χ3n) is 2.87. The molecule has 6 heteroatoms. The monoisotopic (exact) mass is 290 g/mol. The zero-order chi connectivity index (χ0) is 15.2. The summed E-state index contributed by atoms with van der Waals surface area (Å²) in [6.07, 6.45) is 1.54. The summed E-state index contributed by atoms with van der Waals surface area (Å²) in [4.78, 5) is 13.6. The molecule has 4 nitrogen and oxygen atoms in total. The Labute approximate surface area is 120 Å². The molecule has 1 aromatic carbocycles. The zero-order valence-corrected chi connectivity index (χ0v) is 11.1. The summed E-state index contributed by atoms with van der Waals surface area (Å²) in [6, 6.07) is 7.93. The Morgan fingerprint density at radius 1 is 1.33 bits per heavy atom. The van der Waals surface area contributed by atoms with Crippen LogP contribution in [0.5, 0.6) is 0 Å². The van der Waals surface area contributed by atoms with E-state index < -0.39 is 17.5 Å². The number of carbonyl (C=O) groups excluding carboxylic acids is 1. The molecule has 0 unspecified atom stereocenters. The molecule has 0 fully saturated rings. The van der Waals surface area contributed by atoms with Gasteiger partial charge in [-0.15, -0.1) is 0 Å². The molecule has 1 heterocycles. The normalized spacial score (nSPS) is 10.1. The molecule has 0 spiro atoms. The first-order chi connectivity index (χ1) is 10.1. The van der Waals surface area contributed by atoms with E-state index in [9.17, 15) is 13.6 Å². The summed E-state index contributed by atoms with van der Waals surface area (Å²) in [5, 5.41) is 8.65. The SMILES string of the molecule is N#CCCN(Cc1ccco1)C(=O)c1cc(F)ccc1F. The average molecular weight is 290 g/mol. The molecule has 1 aromatic heterocycles. The summed E-state index contributed by atoms with van der Waals surface area (Å²) in [6.45, 7) is 0.190. The topological polar surface area (TPSA) is 57.2 Å². The van der Waals surface area contributed by atoms with Crippen LogP contribution >= 0.6 is 0 Å². The number of amides is 1. The van der Waals surface area contributed by atoms with Crippen molar-refractivity contribution < 1.29 is 18.0 Å². The molecular weight excluding hydrogens is 278 g/mol. The first-order valence-corrected chi connectivity index (χ1v) is 6.25. The van der Waals surface area contributed by atoms with E-state index in [1.165, 1.54) is 11.2 Å². The third kappa shape index (κ3) is 3.66. The number of rotatable bonds is 5. The molecule has 108 valence electrons. The Kier molecular flexibility index (Phi) is 4.67. The number of nitriles is 1. The summed E-state index contributed by atoms with van der Waals surface area (Å²) < 4.78 is 32.0. The maximum Gasteiger partial charge on any atom is 0.257 e. The number of hydrogen-bond acceptors (Lipinski definition) is 3. The quantitative estimate of drug-likeness (QED) is 0.850. The van der Waals surface area contributed by atoms with Gasteiger partial charge >= 0.3 is 0 Å². The standard InChI is InChI=1S/C15H12F2N2O2/c16-11-4-5-14(17)13(9-11)15(20)19(7-2-6-18)10-12-3-1-8-21-12/h1,3-5,8-9H,2,7,10H2. The number of carbonyl (C=O) groups is 1. The first-order valence-electron chi connectivity index (χ1n) is 6.25. The highest BCUT2D eigenvalue weighted by Gasteiger charge is 2.20. The Hall–Kier alpha value is -2.68. The molecule has 21 heavy (non-hydrogen) atoms. The average Bonchev–Trinajstić information content (AvgIpc) is 2.98. The molecule has 0 aliphatic rings. The molecule has 0 saturated heterocycles. The highest BCUT2D eigenvalue weighted by atomic mass is 19.1. The van der Waals surface area contributed by atoms with Crippen LogP contribution in [0.15, 0.2) is 41.0 Å². The number of furan rings is 1. The van der Waals surface area contributed by atoms with Gasteiger partial charge in [-0.1, -0.05) is 0 Å². The van der Waals surface area contributed by atoms with Crippen LogP contribution in [-0.2, 0) is 6.54 Å². The lowest BCUT2D eigenvalue weighted by atomic mass is 10.1. The van der Waals surface area contributed by atoms with Gasteiger partial charge in [0, 0.05) is 6.54 Å². The molecule has 2 rings (SSSR count). The van der Waals surface area contributed by atoms with Crippen LogP contribution in [0.1, 0.15) is 22.5 Å². The van der Waals surface area contributed by atoms with Crippen LogP contribution < -0.4 is 0 Å². The number of halogens is 2. The lowest BCUT2D eigenvalue weighted by Crippen LogP contribution is -2.32. The van der Waals surface area contributed by atoms with Crippen LogP contribution in [0, 0.1) is 23.0 Å². The van der Waals surface area contributed by atoms with Gasteiger partial charge < -0.3 is 9.32 Å². The smallest absolute Gasteiger partial charge is 0.257 e. The minimum absolute atomic E-state index is 0.0867. The number of nitrogens with zero attached hydrogens (tertiary/aromatic N) is 2. The number of hydrogen-bond donors (Lipinski definition) is 0. The van der Waals surface area contributed by atoms with E-state index in [-0.39, 0.29) is 25.1 Å². The van der Waals surface area contributed by atoms with Crippen molar-refractivity contribution in [2.45, 2.75) is 13.0 Å². The molecule has 2 aromatic rings. The fraction of sp³-hybridized carbons (Fsp3) is 0.200. The van der Waals surface area contributed by atoms with Crippen LogP contribution in [0.3, 0.4) is 0 Å². The second-order valence-electron chi connectivity index (χ2n) is 4.34. The van der Waals surface area contributed by atoms with Gasteiger partial charge in [0.25, 0.3) is 5.91 Å². The molecule has 0 atom stereocenters. The van der Waals surface area contributed by atoms with Gasteiger partial charge in [0.15, 0.2) is 0 Å². The van der Waals surface area contributed by atoms with Crippen molar-refractivity contribution in [1.82, 2.24) is 4.90 Å². The fourth-order valence-electron chi connectivity index (χ4n) is 1.86. The van der Waals surface area contributed by atoms with E-state index in [4.69, 9.17) is 9.68 Å². The van der Waals surface area contributed by atoms with E-state index >= 15 is 0 Å². The Balaban J connectivity index is 2.24. The van der Waals surface area contributed by atoms with Crippen LogP contribution in [0.25, 0.3) is 0 Å². The summed E-state index contributed by atoms with van der Waals surface area (Å²) in [5.41, 5.74) is -0.362. The van der Waals surface area contributed by atoms with Crippen LogP contribution in [0.2, 0.25) is 0 Å². The van der Waals surface area contributed by atoms with E-state index in [0.29, 0.717) is 5.76 Å². The van der Waals surface area contributed by atoms with Crippen molar-refractivity contribution in [3.8, 4) is 6.07 Å². The van der Waals surface area contributed by atoms with Crippen LogP contribution in [-0.4, -0.2) is 17.4 Å². The Bertz CT molecular complexity index is 663. The summed E-state index contributed by atoms with van der Waals surface area (Å²) in [5.74, 6) is -1.68. The lowest BCUT2D eigenvalue weighted by Gasteiger charge is -2.20. The maximum atomic E-state index is 13.7. The second kappa shape index (κ2) is 6.66. The van der Waals surface area contributed by atoms with Gasteiger partial charge in [0.05, 0.1) is 30.9 Å². The van der Waals surface area contributed by atoms with Crippen molar-refractivity contribution in [1.29, 1.82) is 5.26 Å². The van der Waals surface area contributed by atoms with Crippen LogP contribution in [0.4, 0.5) is 8.78 Å². The Morgan fingerprint density at radius 2 is 2.14 bits per heavy atom. The minimum Gasteiger partial charge on any atom is -0.467 e. The van der Waals surface area contributed by atoms with Gasteiger partial charge in [-0.3, -0.25) is 4.79 Å². The minimum atomic E-state index is -0.803. The molecule has 0 bridgehead atoms. The zero-order valence-electron chi connectivity index (χ0n) is 11.1. The van der Waals surface area contributed by atoms with Crippen molar-refractivity contribution in [3.63, 3.8) is 0 Å². The molecule has 0 aliphatic heterocycles. The highest BCUT2D eigenvalue weighted by Crippen LogP contribution is 2.15. The molecule has 1 amide bonds. The van der Waals surface area contributed by atoms with Gasteiger partial charge in [-0.2, -0.15) is 5.26 Å². The third-order valence-corrected chi connectivity index (χ3v) is 2.87. The van der Waals surface area contributed by atoms with Gasteiger partial charge in [-0.25, -0.2) is 8.78 Å². The van der Waals surface area contributed by atoms with Gasteiger partial charge in [0.2, 0.25) is 0 Å². The summed E-state index contributed by atoms with van der Waals surface area (Å²) in [7, 11) is 0. The molecule has 0 aliphatic carbocycles. The van der Waals surface area contributed by atoms with Crippen molar-refractivity contribution in [2.24, 2.45) is 0 Å². The number of benzene rings is 1. The van der Waals surface area contributed by atoms with E-state index in [0.717, 1.165) is 18.2 Å². The van der Waals surface area contributed by atoms with Gasteiger partial charge in [-0.05, 0) is 30.3 Å². The maximum absolute atomic E-state index is 13.7. The molecule has 0 N–H and O–H groups in total. The predicted molar refractivity (Wildman–Crippen MR) is 70.0 cm³/mol. The second-order valence-corrected chi connectivity index (χ2v) is 4.34. The van der Waals surface area contributed by atoms with E-state index in [1.54, 1.807) is 12.1 Å². The van der Waals surface area contributed by atoms with E-state index in [1.807, 2.05) is 6.07 Å². The summed E-state index contributed by atoms with van der Waals surface area (Å²) >= 11 is 0.